The number of nitrogens with zero attached hydrogens (tertiary/aromatic N) is 2. The van der Waals surface area contributed by atoms with Crippen molar-refractivity contribution < 1.29 is 14.3 Å². The highest BCUT2D eigenvalue weighted by molar-refractivity contribution is 5.97. The quantitative estimate of drug-likeness (QED) is 0.757. The van der Waals surface area contributed by atoms with Gasteiger partial charge in [-0.1, -0.05) is 32.9 Å². The van der Waals surface area contributed by atoms with Crippen molar-refractivity contribution in [3.63, 3.8) is 0 Å². The summed E-state index contributed by atoms with van der Waals surface area (Å²) in [6.45, 7) is 17.1. The fourth-order valence-electron chi connectivity index (χ4n) is 4.87. The maximum absolute atomic E-state index is 12.9. The number of likely N-dealkylation sites (tertiary alicyclic amines) is 1. The molecule has 1 N–H and O–H groups in total. The van der Waals surface area contributed by atoms with Crippen LogP contribution in [0.3, 0.4) is 0 Å². The molecule has 3 rings (SSSR count). The number of carbonyl (C=O) groups is 2. The molecule has 2 aliphatic heterocycles. The van der Waals surface area contributed by atoms with Gasteiger partial charge in [-0.05, 0) is 62.6 Å². The fraction of sp³-hybridized carbons (Fsp3) is 0.692. The Morgan fingerprint density at radius 2 is 1.62 bits per heavy atom. The summed E-state index contributed by atoms with van der Waals surface area (Å²) in [7, 11) is 0. The number of amides is 2. The van der Waals surface area contributed by atoms with Gasteiger partial charge in [0.05, 0.1) is 12.2 Å². The zero-order valence-electron chi connectivity index (χ0n) is 20.7. The fourth-order valence-corrected chi connectivity index (χ4v) is 4.87. The van der Waals surface area contributed by atoms with Crippen molar-refractivity contribution in [1.82, 2.24) is 15.1 Å². The van der Waals surface area contributed by atoms with Crippen LogP contribution in [0.5, 0.6) is 0 Å². The van der Waals surface area contributed by atoms with Crippen molar-refractivity contribution in [2.24, 2.45) is 5.92 Å². The zero-order chi connectivity index (χ0) is 23.5. The van der Waals surface area contributed by atoms with E-state index in [9.17, 15) is 9.59 Å². The number of ether oxygens (including phenoxy) is 1. The molecule has 3 atom stereocenters. The Balaban J connectivity index is 1.45. The molecule has 0 radical (unpaired) electrons. The number of piperidine rings is 1. The van der Waals surface area contributed by atoms with E-state index in [2.05, 4.69) is 44.8 Å². The van der Waals surface area contributed by atoms with E-state index in [-0.39, 0.29) is 29.4 Å². The number of hydrogen-bond acceptors (Lipinski definition) is 4. The third-order valence-corrected chi connectivity index (χ3v) is 6.67. The van der Waals surface area contributed by atoms with E-state index in [0.29, 0.717) is 11.5 Å². The minimum Gasteiger partial charge on any atom is -0.373 e. The maximum Gasteiger partial charge on any atom is 0.251 e. The van der Waals surface area contributed by atoms with E-state index >= 15 is 0 Å². The Morgan fingerprint density at radius 1 is 1.06 bits per heavy atom. The third-order valence-electron chi connectivity index (χ3n) is 6.67. The van der Waals surface area contributed by atoms with Gasteiger partial charge in [0, 0.05) is 38.3 Å². The van der Waals surface area contributed by atoms with Gasteiger partial charge in [-0.3, -0.25) is 14.5 Å². The molecule has 6 heteroatoms. The molecule has 2 heterocycles. The lowest BCUT2D eigenvalue weighted by molar-refractivity contribution is -0.134. The second-order valence-corrected chi connectivity index (χ2v) is 10.8. The normalized spacial score (nSPS) is 24.2. The summed E-state index contributed by atoms with van der Waals surface area (Å²) in [5, 5.41) is 2.89. The molecule has 0 aromatic heterocycles. The largest absolute Gasteiger partial charge is 0.373 e. The molecule has 1 aromatic rings. The highest BCUT2D eigenvalue weighted by Gasteiger charge is 2.30. The van der Waals surface area contributed by atoms with Crippen LogP contribution in [-0.2, 0) is 14.9 Å². The molecule has 0 spiro atoms. The van der Waals surface area contributed by atoms with Gasteiger partial charge in [0.25, 0.3) is 5.91 Å². The van der Waals surface area contributed by atoms with E-state index in [1.165, 1.54) is 5.56 Å². The van der Waals surface area contributed by atoms with Gasteiger partial charge in [-0.15, -0.1) is 0 Å². The van der Waals surface area contributed by atoms with Crippen molar-refractivity contribution >= 4 is 11.8 Å². The van der Waals surface area contributed by atoms with Crippen LogP contribution < -0.4 is 5.32 Å². The van der Waals surface area contributed by atoms with E-state index in [1.54, 1.807) is 6.92 Å². The smallest absolute Gasteiger partial charge is 0.251 e. The van der Waals surface area contributed by atoms with Gasteiger partial charge in [-0.2, -0.15) is 0 Å². The van der Waals surface area contributed by atoms with Crippen molar-refractivity contribution in [2.45, 2.75) is 78.0 Å². The topological polar surface area (TPSA) is 61.9 Å². The molecule has 0 saturated carbocycles. The Labute approximate surface area is 193 Å². The molecule has 6 nitrogen and oxygen atoms in total. The van der Waals surface area contributed by atoms with Gasteiger partial charge in [0.2, 0.25) is 5.91 Å². The molecule has 2 amide bonds. The van der Waals surface area contributed by atoms with E-state index in [0.717, 1.165) is 45.6 Å². The Hall–Kier alpha value is -1.92. The van der Waals surface area contributed by atoms with Crippen LogP contribution in [-0.4, -0.2) is 72.6 Å². The van der Waals surface area contributed by atoms with Gasteiger partial charge in [0.15, 0.2) is 0 Å². The van der Waals surface area contributed by atoms with Crippen LogP contribution >= 0.6 is 0 Å². The summed E-state index contributed by atoms with van der Waals surface area (Å²) < 4.78 is 5.84. The standard InChI is InChI=1S/C26H41N3O3/c1-18-15-28(16-19(2)32-18)17-21-11-13-29(14-12-21)25(31)20(3)27-24(30)22-7-9-23(10-8-22)26(4,5)6/h7-10,18-21H,11-17H2,1-6H3,(H,27,30). The molecule has 0 bridgehead atoms. The predicted octanol–water partition coefficient (Wildman–Crippen LogP) is 3.45. The zero-order valence-corrected chi connectivity index (χ0v) is 20.7. The van der Waals surface area contributed by atoms with Crippen LogP contribution in [0, 0.1) is 5.92 Å². The Morgan fingerprint density at radius 3 is 2.16 bits per heavy atom. The van der Waals surface area contributed by atoms with Gasteiger partial charge < -0.3 is 15.0 Å². The molecule has 32 heavy (non-hydrogen) atoms. The van der Waals surface area contributed by atoms with Crippen molar-refractivity contribution in [3.05, 3.63) is 35.4 Å². The van der Waals surface area contributed by atoms with Crippen LogP contribution in [0.25, 0.3) is 0 Å². The first-order chi connectivity index (χ1) is 15.0. The lowest BCUT2D eigenvalue weighted by atomic mass is 9.86. The molecule has 178 valence electrons. The third kappa shape index (κ3) is 6.55. The monoisotopic (exact) mass is 443 g/mol. The predicted molar refractivity (Wildman–Crippen MR) is 128 cm³/mol. The second kappa shape index (κ2) is 10.3. The number of rotatable bonds is 5. The molecule has 2 saturated heterocycles. The van der Waals surface area contributed by atoms with Crippen molar-refractivity contribution in [2.75, 3.05) is 32.7 Å². The molecule has 3 unspecified atom stereocenters. The highest BCUT2D eigenvalue weighted by atomic mass is 16.5. The van der Waals surface area contributed by atoms with Crippen LogP contribution in [0.4, 0.5) is 0 Å². The minimum absolute atomic E-state index is 0.0109. The number of carbonyl (C=O) groups excluding carboxylic acids is 2. The van der Waals surface area contributed by atoms with Gasteiger partial charge in [-0.25, -0.2) is 0 Å². The van der Waals surface area contributed by atoms with Crippen LogP contribution in [0.15, 0.2) is 24.3 Å². The first-order valence-corrected chi connectivity index (χ1v) is 12.1. The molecule has 1 aromatic carbocycles. The van der Waals surface area contributed by atoms with Gasteiger partial charge in [0.1, 0.15) is 6.04 Å². The first kappa shape index (κ1) is 24.7. The minimum atomic E-state index is -0.526. The summed E-state index contributed by atoms with van der Waals surface area (Å²) >= 11 is 0. The first-order valence-electron chi connectivity index (χ1n) is 12.1. The average Bonchev–Trinajstić information content (AvgIpc) is 2.72. The van der Waals surface area contributed by atoms with Crippen LogP contribution in [0.1, 0.15) is 70.3 Å². The van der Waals surface area contributed by atoms with Crippen LogP contribution in [0.2, 0.25) is 0 Å². The van der Waals surface area contributed by atoms with E-state index < -0.39 is 6.04 Å². The maximum atomic E-state index is 12.9. The summed E-state index contributed by atoms with van der Waals surface area (Å²) in [6.07, 6.45) is 2.60. The highest BCUT2D eigenvalue weighted by Crippen LogP contribution is 2.23. The average molecular weight is 444 g/mol. The molecular weight excluding hydrogens is 402 g/mol. The lowest BCUT2D eigenvalue weighted by Crippen LogP contribution is -2.51. The summed E-state index contributed by atoms with van der Waals surface area (Å²) in [5.41, 5.74) is 1.82. The molecule has 2 aliphatic rings. The molecule has 2 fully saturated rings. The molecule has 0 aliphatic carbocycles. The second-order valence-electron chi connectivity index (χ2n) is 10.8. The number of morpholine rings is 1. The summed E-state index contributed by atoms with van der Waals surface area (Å²) in [4.78, 5) is 30.0. The summed E-state index contributed by atoms with van der Waals surface area (Å²) in [6, 6.07) is 7.13. The number of nitrogens with one attached hydrogen (secondary N) is 1. The van der Waals surface area contributed by atoms with Gasteiger partial charge >= 0.3 is 0 Å². The number of hydrogen-bond donors (Lipinski definition) is 1. The Bertz CT molecular complexity index is 769. The van der Waals surface area contributed by atoms with E-state index in [4.69, 9.17) is 4.74 Å². The van der Waals surface area contributed by atoms with E-state index in [1.807, 2.05) is 29.2 Å². The summed E-state index contributed by atoms with van der Waals surface area (Å²) in [5.74, 6) is 0.427. The molecular formula is C26H41N3O3. The van der Waals surface area contributed by atoms with Crippen molar-refractivity contribution in [1.29, 1.82) is 0 Å². The lowest BCUT2D eigenvalue weighted by Gasteiger charge is -2.40. The number of benzene rings is 1. The Kier molecular flexibility index (Phi) is 7.99. The SMILES string of the molecule is CC1CN(CC2CCN(C(=O)C(C)NC(=O)c3ccc(C(C)(C)C)cc3)CC2)CC(C)O1. The van der Waals surface area contributed by atoms with Crippen molar-refractivity contribution in [3.8, 4) is 0 Å².